The quantitative estimate of drug-likeness (QED) is 0.542. The molecule has 0 aliphatic carbocycles. The first-order chi connectivity index (χ1) is 5.47. The highest BCUT2D eigenvalue weighted by Crippen LogP contribution is 1.76. The fraction of sp³-hybridized carbons (Fsp3) is 0. The minimum absolute atomic E-state index is 1.20. The normalized spacial score (nSPS) is 13.5. The topological polar surface area (TPSA) is 12.0 Å². The van der Waals surface area contributed by atoms with E-state index in [1.165, 1.54) is 10.4 Å². The number of hydrogen-bond acceptors (Lipinski definition) is 1. The number of fused-ring (bicyclic) bond motifs is 1. The van der Waals surface area contributed by atoms with E-state index >= 15 is 0 Å². The largest absolute Gasteiger partial charge is 0.359 e. The lowest BCUT2D eigenvalue weighted by atomic mass is 10.2. The third-order valence-corrected chi connectivity index (χ3v) is 1.65. The molecule has 1 radical (unpaired) electrons. The van der Waals surface area contributed by atoms with Crippen molar-refractivity contribution in [2.75, 3.05) is 0 Å². The van der Waals surface area contributed by atoms with Crippen LogP contribution in [0.4, 0.5) is 0 Å². The summed E-state index contributed by atoms with van der Waals surface area (Å²) in [5, 5.41) is 5.37. The van der Waals surface area contributed by atoms with Crippen LogP contribution in [0.3, 0.4) is 0 Å². The second-order valence-electron chi connectivity index (χ2n) is 2.40. The van der Waals surface area contributed by atoms with E-state index in [0.717, 1.165) is 0 Å². The molecule has 1 heteroatoms. The first-order valence-electron chi connectivity index (χ1n) is 3.57. The van der Waals surface area contributed by atoms with Crippen LogP contribution in [-0.4, -0.2) is 0 Å². The number of allylic oxidation sites excluding steroid dienone is 1. The summed E-state index contributed by atoms with van der Waals surface area (Å²) in [5.41, 5.74) is 0. The van der Waals surface area contributed by atoms with Crippen molar-refractivity contribution in [2.24, 2.45) is 0 Å². The maximum absolute atomic E-state index is 2.94. The van der Waals surface area contributed by atoms with Gasteiger partial charge >= 0.3 is 0 Å². The Morgan fingerprint density at radius 2 is 1.91 bits per heavy atom. The van der Waals surface area contributed by atoms with Gasteiger partial charge in [-0.3, -0.25) is 0 Å². The van der Waals surface area contributed by atoms with Crippen LogP contribution in [0.15, 0.2) is 30.3 Å². The van der Waals surface area contributed by atoms with E-state index in [4.69, 9.17) is 0 Å². The molecule has 2 rings (SSSR count). The van der Waals surface area contributed by atoms with Gasteiger partial charge in [0.05, 0.1) is 6.20 Å². The van der Waals surface area contributed by atoms with Gasteiger partial charge in [-0.25, -0.2) is 0 Å². The minimum Gasteiger partial charge on any atom is -0.359 e. The van der Waals surface area contributed by atoms with Gasteiger partial charge in [-0.2, -0.15) is 0 Å². The monoisotopic (exact) mass is 142 g/mol. The Labute approximate surface area is 65.4 Å². The van der Waals surface area contributed by atoms with E-state index in [-0.39, 0.29) is 0 Å². The summed E-state index contributed by atoms with van der Waals surface area (Å²) in [6.45, 7) is 0. The van der Waals surface area contributed by atoms with Crippen molar-refractivity contribution in [3.05, 3.63) is 47.0 Å². The highest BCUT2D eigenvalue weighted by atomic mass is 14.8. The van der Waals surface area contributed by atoms with E-state index in [0.29, 0.717) is 0 Å². The zero-order chi connectivity index (χ0) is 7.52. The number of nitrogens with one attached hydrogen (secondary N) is 1. The zero-order valence-electron chi connectivity index (χ0n) is 6.04. The van der Waals surface area contributed by atoms with Crippen LogP contribution in [-0.2, 0) is 0 Å². The fourth-order valence-corrected chi connectivity index (χ4v) is 1.09. The average molecular weight is 142 g/mol. The number of hydrogen-bond donors (Lipinski definition) is 1. The molecule has 1 heterocycles. The molecule has 0 unspecified atom stereocenters. The van der Waals surface area contributed by atoms with Crippen molar-refractivity contribution in [1.82, 2.24) is 5.32 Å². The maximum atomic E-state index is 2.94. The highest BCUT2D eigenvalue weighted by molar-refractivity contribution is 5.41. The van der Waals surface area contributed by atoms with Crippen LogP contribution in [0.2, 0.25) is 0 Å². The lowest BCUT2D eigenvalue weighted by Gasteiger charge is -1.86. The summed E-state index contributed by atoms with van der Waals surface area (Å²) in [6, 6.07) is 8.20. The zero-order valence-corrected chi connectivity index (χ0v) is 6.04. The van der Waals surface area contributed by atoms with Gasteiger partial charge in [0.2, 0.25) is 0 Å². The van der Waals surface area contributed by atoms with Gasteiger partial charge in [-0.15, -0.1) is 0 Å². The van der Waals surface area contributed by atoms with E-state index in [1.807, 2.05) is 30.5 Å². The van der Waals surface area contributed by atoms with Gasteiger partial charge in [0.1, 0.15) is 0 Å². The van der Waals surface area contributed by atoms with E-state index < -0.39 is 0 Å². The molecule has 1 aliphatic heterocycles. The predicted octanol–water partition coefficient (Wildman–Crippen LogP) is 0.125. The Bertz CT molecular complexity index is 388. The van der Waals surface area contributed by atoms with Crippen molar-refractivity contribution in [3.8, 4) is 0 Å². The molecule has 0 saturated heterocycles. The van der Waals surface area contributed by atoms with Gasteiger partial charge in [-0.05, 0) is 16.5 Å². The van der Waals surface area contributed by atoms with Crippen LogP contribution >= 0.6 is 0 Å². The number of rotatable bonds is 0. The van der Waals surface area contributed by atoms with Crippen molar-refractivity contribution in [3.63, 3.8) is 0 Å². The predicted molar refractivity (Wildman–Crippen MR) is 45.6 cm³/mol. The molecule has 0 spiro atoms. The Balaban J connectivity index is 2.81. The van der Waals surface area contributed by atoms with Crippen LogP contribution in [0.25, 0.3) is 12.3 Å². The van der Waals surface area contributed by atoms with Gasteiger partial charge in [-0.1, -0.05) is 30.3 Å². The molecule has 0 aromatic heterocycles. The molecule has 11 heavy (non-hydrogen) atoms. The fourth-order valence-electron chi connectivity index (χ4n) is 1.09. The second kappa shape index (κ2) is 2.62. The summed E-state index contributed by atoms with van der Waals surface area (Å²) < 4.78 is 0. The average Bonchev–Trinajstić information content (AvgIpc) is 2.28. The van der Waals surface area contributed by atoms with Crippen molar-refractivity contribution >= 4 is 12.3 Å². The Morgan fingerprint density at radius 3 is 2.82 bits per heavy atom. The van der Waals surface area contributed by atoms with Crippen LogP contribution in [0, 0.1) is 6.20 Å². The molecular weight excluding hydrogens is 134 g/mol. The smallest absolute Gasteiger partial charge is 0.0619 e. The Morgan fingerprint density at radius 1 is 1.09 bits per heavy atom. The van der Waals surface area contributed by atoms with Crippen LogP contribution in [0.5, 0.6) is 0 Å². The molecule has 1 aliphatic rings. The molecule has 0 bridgehead atoms. The Hall–Kier alpha value is -1.50. The molecule has 53 valence electrons. The van der Waals surface area contributed by atoms with E-state index in [2.05, 4.69) is 23.6 Å². The van der Waals surface area contributed by atoms with E-state index in [9.17, 15) is 0 Å². The van der Waals surface area contributed by atoms with Crippen molar-refractivity contribution in [2.45, 2.75) is 0 Å². The summed E-state index contributed by atoms with van der Waals surface area (Å²) in [6.07, 6.45) is 8.76. The third-order valence-electron chi connectivity index (χ3n) is 1.65. The van der Waals surface area contributed by atoms with Crippen molar-refractivity contribution < 1.29 is 0 Å². The maximum Gasteiger partial charge on any atom is 0.0619 e. The van der Waals surface area contributed by atoms with Gasteiger partial charge < -0.3 is 5.32 Å². The molecule has 0 fully saturated rings. The third kappa shape index (κ3) is 1.17. The molecule has 0 atom stereocenters. The summed E-state index contributed by atoms with van der Waals surface area (Å²) in [7, 11) is 0. The molecular formula is C10H8N. The summed E-state index contributed by atoms with van der Waals surface area (Å²) >= 11 is 0. The van der Waals surface area contributed by atoms with Gasteiger partial charge in [0, 0.05) is 6.20 Å². The standard InChI is InChI=1S/C10H8N/c1-2-5-10-8-11-7-3-6-9(10)4-1/h1-6,8,11H. The van der Waals surface area contributed by atoms with Crippen molar-refractivity contribution in [1.29, 1.82) is 0 Å². The van der Waals surface area contributed by atoms with Gasteiger partial charge in [0.15, 0.2) is 0 Å². The highest BCUT2D eigenvalue weighted by Gasteiger charge is 1.84. The molecule has 1 aromatic rings. The summed E-state index contributed by atoms with van der Waals surface area (Å²) in [4.78, 5) is 0. The summed E-state index contributed by atoms with van der Waals surface area (Å²) in [5.74, 6) is 0. The van der Waals surface area contributed by atoms with Crippen LogP contribution in [0.1, 0.15) is 0 Å². The molecule has 1 nitrogen and oxygen atoms in total. The van der Waals surface area contributed by atoms with E-state index in [1.54, 1.807) is 0 Å². The molecule has 0 amide bonds. The van der Waals surface area contributed by atoms with Gasteiger partial charge in [0.25, 0.3) is 0 Å². The molecule has 1 aromatic carbocycles. The lowest BCUT2D eigenvalue weighted by molar-refractivity contribution is 1.23. The van der Waals surface area contributed by atoms with Crippen LogP contribution < -0.4 is 15.8 Å². The first kappa shape index (κ1) is 6.23. The minimum atomic E-state index is 1.20. The second-order valence-corrected chi connectivity index (χ2v) is 2.40. The molecule has 0 saturated carbocycles. The first-order valence-corrected chi connectivity index (χ1v) is 3.57. The molecule has 1 N–H and O–H groups in total. The number of benzene rings is 1. The Kier molecular flexibility index (Phi) is 1.48. The lowest BCUT2D eigenvalue weighted by Crippen LogP contribution is -2.24. The SMILES string of the molecule is [C]1=CC=c2ccccc2=CN1.